The van der Waals surface area contributed by atoms with Gasteiger partial charge in [-0.05, 0) is 25.0 Å². The molecule has 3 aliphatic rings. The predicted molar refractivity (Wildman–Crippen MR) is 99.1 cm³/mol. The molecule has 0 bridgehead atoms. The molecule has 0 radical (unpaired) electrons. The lowest BCUT2D eigenvalue weighted by molar-refractivity contribution is -0.138. The van der Waals surface area contributed by atoms with Gasteiger partial charge in [0.25, 0.3) is 5.91 Å². The van der Waals surface area contributed by atoms with Gasteiger partial charge >= 0.3 is 0 Å². The normalized spacial score (nSPS) is 24.5. The van der Waals surface area contributed by atoms with E-state index < -0.39 is 6.10 Å². The summed E-state index contributed by atoms with van der Waals surface area (Å²) in [7, 11) is 0. The summed E-state index contributed by atoms with van der Waals surface area (Å²) in [5, 5.41) is 2.83. The zero-order chi connectivity index (χ0) is 17.9. The third-order valence-corrected chi connectivity index (χ3v) is 5.82. The predicted octanol–water partition coefficient (Wildman–Crippen LogP) is 2.25. The summed E-state index contributed by atoms with van der Waals surface area (Å²) in [6.07, 6.45) is 5.98. The van der Waals surface area contributed by atoms with Crippen molar-refractivity contribution in [3.8, 4) is 5.75 Å². The Labute approximate surface area is 154 Å². The van der Waals surface area contributed by atoms with Crippen LogP contribution in [-0.2, 0) is 9.59 Å². The molecule has 1 saturated heterocycles. The van der Waals surface area contributed by atoms with E-state index in [1.165, 1.54) is 32.1 Å². The van der Waals surface area contributed by atoms with Crippen LogP contribution in [0.1, 0.15) is 38.5 Å². The molecule has 2 heterocycles. The van der Waals surface area contributed by atoms with Crippen LogP contribution in [0.5, 0.6) is 5.75 Å². The van der Waals surface area contributed by atoms with Gasteiger partial charge in [0, 0.05) is 32.2 Å². The summed E-state index contributed by atoms with van der Waals surface area (Å²) in [6.45, 7) is 3.38. The Morgan fingerprint density at radius 2 is 1.81 bits per heavy atom. The van der Waals surface area contributed by atoms with Crippen LogP contribution < -0.4 is 10.1 Å². The van der Waals surface area contributed by atoms with Crippen molar-refractivity contribution >= 4 is 17.5 Å². The van der Waals surface area contributed by atoms with E-state index in [0.29, 0.717) is 17.5 Å². The zero-order valence-electron chi connectivity index (χ0n) is 15.2. The van der Waals surface area contributed by atoms with Crippen molar-refractivity contribution in [2.45, 2.75) is 50.7 Å². The van der Waals surface area contributed by atoms with Crippen LogP contribution >= 0.6 is 0 Å². The van der Waals surface area contributed by atoms with E-state index in [4.69, 9.17) is 4.74 Å². The molecule has 140 valence electrons. The topological polar surface area (TPSA) is 61.9 Å². The third-order valence-electron chi connectivity index (χ3n) is 5.82. The molecule has 1 unspecified atom stereocenters. The number of benzene rings is 1. The molecule has 1 aromatic rings. The molecular weight excluding hydrogens is 330 g/mol. The number of carbonyl (C=O) groups is 2. The van der Waals surface area contributed by atoms with E-state index in [-0.39, 0.29) is 18.2 Å². The molecule has 1 saturated carbocycles. The van der Waals surface area contributed by atoms with E-state index in [1.807, 2.05) is 23.1 Å². The maximum Gasteiger partial charge on any atom is 0.266 e. The highest BCUT2D eigenvalue weighted by Crippen LogP contribution is 2.30. The summed E-state index contributed by atoms with van der Waals surface area (Å²) in [5.74, 6) is 0.401. The summed E-state index contributed by atoms with van der Waals surface area (Å²) >= 11 is 0. The lowest BCUT2D eigenvalue weighted by atomic mass is 9.94. The first-order chi connectivity index (χ1) is 12.7. The van der Waals surface area contributed by atoms with Gasteiger partial charge in [-0.2, -0.15) is 0 Å². The number of hydrogen-bond acceptors (Lipinski definition) is 4. The summed E-state index contributed by atoms with van der Waals surface area (Å²) in [6, 6.07) is 8.02. The molecule has 1 aromatic carbocycles. The average molecular weight is 357 g/mol. The van der Waals surface area contributed by atoms with E-state index in [2.05, 4.69) is 10.2 Å². The SMILES string of the molecule is O=C1Nc2ccccc2OC1CC(=O)N1CCN(C2CCCCC2)CC1. The minimum absolute atomic E-state index is 0.00725. The van der Waals surface area contributed by atoms with Gasteiger partial charge in [-0.15, -0.1) is 0 Å². The Kier molecular flexibility index (Phi) is 5.11. The lowest BCUT2D eigenvalue weighted by Gasteiger charge is -2.41. The van der Waals surface area contributed by atoms with Crippen molar-refractivity contribution in [1.29, 1.82) is 0 Å². The summed E-state index contributed by atoms with van der Waals surface area (Å²) in [4.78, 5) is 29.3. The van der Waals surface area contributed by atoms with E-state index >= 15 is 0 Å². The van der Waals surface area contributed by atoms with Crippen LogP contribution in [0.2, 0.25) is 0 Å². The minimum Gasteiger partial charge on any atom is -0.478 e. The number of carbonyl (C=O) groups excluding carboxylic acids is 2. The molecule has 1 aliphatic carbocycles. The molecule has 6 heteroatoms. The molecule has 26 heavy (non-hydrogen) atoms. The first-order valence-corrected chi connectivity index (χ1v) is 9.79. The smallest absolute Gasteiger partial charge is 0.266 e. The molecule has 2 fully saturated rings. The second kappa shape index (κ2) is 7.66. The van der Waals surface area contributed by atoms with Crippen LogP contribution in [-0.4, -0.2) is 59.9 Å². The van der Waals surface area contributed by atoms with Gasteiger partial charge in [0.15, 0.2) is 6.10 Å². The van der Waals surface area contributed by atoms with Gasteiger partial charge in [-0.3, -0.25) is 14.5 Å². The molecule has 4 rings (SSSR count). The minimum atomic E-state index is -0.742. The highest BCUT2D eigenvalue weighted by atomic mass is 16.5. The second-order valence-corrected chi connectivity index (χ2v) is 7.50. The van der Waals surface area contributed by atoms with E-state index in [0.717, 1.165) is 26.2 Å². The largest absolute Gasteiger partial charge is 0.478 e. The Morgan fingerprint density at radius 1 is 1.08 bits per heavy atom. The Bertz CT molecular complexity index is 664. The summed E-state index contributed by atoms with van der Waals surface area (Å²) < 4.78 is 5.75. The second-order valence-electron chi connectivity index (χ2n) is 7.50. The van der Waals surface area contributed by atoms with Crippen molar-refractivity contribution in [3.63, 3.8) is 0 Å². The van der Waals surface area contributed by atoms with Gasteiger partial charge in [-0.1, -0.05) is 31.4 Å². The van der Waals surface area contributed by atoms with E-state index in [9.17, 15) is 9.59 Å². The van der Waals surface area contributed by atoms with Crippen molar-refractivity contribution in [2.24, 2.45) is 0 Å². The fourth-order valence-corrected chi connectivity index (χ4v) is 4.30. The van der Waals surface area contributed by atoms with Crippen LogP contribution in [0, 0.1) is 0 Å². The lowest BCUT2D eigenvalue weighted by Crippen LogP contribution is -2.53. The number of ether oxygens (including phenoxy) is 1. The van der Waals surface area contributed by atoms with Crippen molar-refractivity contribution in [1.82, 2.24) is 9.80 Å². The number of piperazine rings is 1. The number of para-hydroxylation sites is 2. The average Bonchev–Trinajstić information content (AvgIpc) is 2.69. The summed E-state index contributed by atoms with van der Waals surface area (Å²) in [5.41, 5.74) is 0.669. The molecule has 6 nitrogen and oxygen atoms in total. The van der Waals surface area contributed by atoms with Crippen LogP contribution in [0.25, 0.3) is 0 Å². The van der Waals surface area contributed by atoms with Gasteiger partial charge in [0.1, 0.15) is 5.75 Å². The van der Waals surface area contributed by atoms with Crippen molar-refractivity contribution in [2.75, 3.05) is 31.5 Å². The van der Waals surface area contributed by atoms with Gasteiger partial charge in [-0.25, -0.2) is 0 Å². The maximum absolute atomic E-state index is 12.7. The van der Waals surface area contributed by atoms with Crippen molar-refractivity contribution < 1.29 is 14.3 Å². The molecule has 0 aromatic heterocycles. The van der Waals surface area contributed by atoms with Gasteiger partial charge in [0.2, 0.25) is 5.91 Å². The number of hydrogen-bond donors (Lipinski definition) is 1. The quantitative estimate of drug-likeness (QED) is 0.901. The highest BCUT2D eigenvalue weighted by Gasteiger charge is 2.33. The molecule has 0 spiro atoms. The Hall–Kier alpha value is -2.08. The number of fused-ring (bicyclic) bond motifs is 1. The number of amides is 2. The standard InChI is InChI=1S/C20H27N3O3/c24-19(14-18-20(25)21-16-8-4-5-9-17(16)26-18)23-12-10-22(11-13-23)15-6-2-1-3-7-15/h4-5,8-9,15,18H,1-3,6-7,10-14H2,(H,21,25). The monoisotopic (exact) mass is 357 g/mol. The molecule has 1 N–H and O–H groups in total. The third kappa shape index (κ3) is 3.70. The molecular formula is C20H27N3O3. The number of anilines is 1. The first kappa shape index (κ1) is 17.3. The fraction of sp³-hybridized carbons (Fsp3) is 0.600. The molecule has 2 amide bonds. The maximum atomic E-state index is 12.7. The van der Waals surface area contributed by atoms with Crippen LogP contribution in [0.4, 0.5) is 5.69 Å². The Balaban J connectivity index is 1.30. The number of nitrogens with one attached hydrogen (secondary N) is 1. The molecule has 1 atom stereocenters. The first-order valence-electron chi connectivity index (χ1n) is 9.79. The van der Waals surface area contributed by atoms with Crippen molar-refractivity contribution in [3.05, 3.63) is 24.3 Å². The van der Waals surface area contributed by atoms with Crippen LogP contribution in [0.15, 0.2) is 24.3 Å². The van der Waals surface area contributed by atoms with Gasteiger partial charge < -0.3 is 15.0 Å². The fourth-order valence-electron chi connectivity index (χ4n) is 4.30. The van der Waals surface area contributed by atoms with E-state index in [1.54, 1.807) is 6.07 Å². The van der Waals surface area contributed by atoms with Gasteiger partial charge in [0.05, 0.1) is 12.1 Å². The number of rotatable bonds is 3. The number of nitrogens with zero attached hydrogens (tertiary/aromatic N) is 2. The highest BCUT2D eigenvalue weighted by molar-refractivity contribution is 5.99. The Morgan fingerprint density at radius 3 is 2.58 bits per heavy atom. The van der Waals surface area contributed by atoms with Crippen LogP contribution in [0.3, 0.4) is 0 Å². The zero-order valence-corrected chi connectivity index (χ0v) is 15.2. The molecule has 2 aliphatic heterocycles.